The quantitative estimate of drug-likeness (QED) is 0.492. The monoisotopic (exact) mass is 274 g/mol. The molecule has 1 saturated carbocycles. The number of carbonyl (C=O) groups is 1. The molecule has 2 atom stereocenters. The van der Waals surface area contributed by atoms with Gasteiger partial charge in [0.1, 0.15) is 5.69 Å². The van der Waals surface area contributed by atoms with Crippen LogP contribution in [0.1, 0.15) is 29.6 Å². The smallest absolute Gasteiger partial charge is 0.292 e. The Kier molecular flexibility index (Phi) is 3.84. The van der Waals surface area contributed by atoms with E-state index in [9.17, 15) is 14.9 Å². The van der Waals surface area contributed by atoms with Crippen molar-refractivity contribution in [3.05, 3.63) is 33.9 Å². The normalized spacial score (nSPS) is 21.1. The third kappa shape index (κ3) is 2.54. The molecule has 0 heterocycles. The predicted octanol–water partition coefficient (Wildman–Crippen LogP) is 1.60. The van der Waals surface area contributed by atoms with Gasteiger partial charge in [-0.3, -0.25) is 14.9 Å². The zero-order valence-corrected chi connectivity index (χ0v) is 10.7. The van der Waals surface area contributed by atoms with Gasteiger partial charge in [0.25, 0.3) is 11.6 Å². The van der Waals surface area contributed by atoms with Gasteiger partial charge in [-0.25, -0.2) is 0 Å². The number of carbonyl (C=O) groups excluding carboxylic acids is 1. The molecule has 0 aromatic heterocycles. The molecule has 0 bridgehead atoms. The van der Waals surface area contributed by atoms with Crippen LogP contribution in [0.3, 0.4) is 0 Å². The number of rotatable bonds is 3. The van der Waals surface area contributed by atoms with Crippen molar-refractivity contribution in [3.8, 4) is 6.07 Å². The Morgan fingerprint density at radius 2 is 2.25 bits per heavy atom. The van der Waals surface area contributed by atoms with E-state index in [1.807, 2.05) is 0 Å². The zero-order chi connectivity index (χ0) is 14.7. The summed E-state index contributed by atoms with van der Waals surface area (Å²) in [7, 11) is 0. The number of nitro groups is 1. The molecular weight excluding hydrogens is 260 g/mol. The first-order valence-corrected chi connectivity index (χ1v) is 6.28. The highest BCUT2D eigenvalue weighted by Gasteiger charge is 2.29. The van der Waals surface area contributed by atoms with E-state index in [0.29, 0.717) is 0 Å². The number of hydrogen-bond acceptors (Lipinski definition) is 5. The number of amides is 1. The molecule has 0 spiro atoms. The van der Waals surface area contributed by atoms with Crippen LogP contribution in [0.5, 0.6) is 0 Å². The van der Waals surface area contributed by atoms with E-state index >= 15 is 0 Å². The Labute approximate surface area is 115 Å². The Morgan fingerprint density at radius 1 is 1.50 bits per heavy atom. The summed E-state index contributed by atoms with van der Waals surface area (Å²) < 4.78 is 0. The van der Waals surface area contributed by atoms with E-state index in [1.165, 1.54) is 18.2 Å². The summed E-state index contributed by atoms with van der Waals surface area (Å²) in [6.07, 6.45) is 2.37. The number of benzene rings is 1. The Bertz CT molecular complexity index is 594. The van der Waals surface area contributed by atoms with Crippen LogP contribution in [0.15, 0.2) is 18.2 Å². The van der Waals surface area contributed by atoms with Crippen LogP contribution in [0.4, 0.5) is 11.4 Å². The molecule has 0 radical (unpaired) electrons. The Hall–Kier alpha value is -2.62. The molecular formula is C13H14N4O3. The van der Waals surface area contributed by atoms with Crippen molar-refractivity contribution in [2.45, 2.75) is 25.3 Å². The molecule has 2 rings (SSSR count). The summed E-state index contributed by atoms with van der Waals surface area (Å²) in [6.45, 7) is 0. The van der Waals surface area contributed by atoms with E-state index in [1.54, 1.807) is 0 Å². The molecule has 0 unspecified atom stereocenters. The lowest BCUT2D eigenvalue weighted by Crippen LogP contribution is -2.37. The van der Waals surface area contributed by atoms with Crippen molar-refractivity contribution in [2.75, 3.05) is 5.73 Å². The van der Waals surface area contributed by atoms with Crippen molar-refractivity contribution in [2.24, 2.45) is 5.92 Å². The maximum atomic E-state index is 12.1. The number of nitrogens with one attached hydrogen (secondary N) is 1. The molecule has 1 aliphatic rings. The number of nitrogens with two attached hydrogens (primary N) is 1. The first-order chi connectivity index (χ1) is 9.54. The molecule has 20 heavy (non-hydrogen) atoms. The van der Waals surface area contributed by atoms with E-state index in [0.717, 1.165) is 19.3 Å². The minimum absolute atomic E-state index is 0.0720. The van der Waals surface area contributed by atoms with E-state index < -0.39 is 10.8 Å². The van der Waals surface area contributed by atoms with Crippen molar-refractivity contribution in [1.82, 2.24) is 5.32 Å². The van der Waals surface area contributed by atoms with Gasteiger partial charge in [0.2, 0.25) is 0 Å². The molecule has 1 aromatic rings. The first kappa shape index (κ1) is 13.8. The van der Waals surface area contributed by atoms with Gasteiger partial charge in [0.05, 0.1) is 22.5 Å². The highest BCUT2D eigenvalue weighted by molar-refractivity contribution is 6.01. The highest BCUT2D eigenvalue weighted by Crippen LogP contribution is 2.27. The molecule has 7 nitrogen and oxygen atoms in total. The standard InChI is InChI=1S/C13H14N4O3/c14-7-8-3-1-5-10(8)16-13(18)9-4-2-6-11(12(9)15)17(19)20/h2,4,6,8,10H,1,3,5,15H2,(H,16,18)/t8-,10-/m0/s1. The van der Waals surface area contributed by atoms with Crippen LogP contribution < -0.4 is 11.1 Å². The maximum absolute atomic E-state index is 12.1. The zero-order valence-electron chi connectivity index (χ0n) is 10.7. The number of hydrogen-bond donors (Lipinski definition) is 2. The molecule has 1 aromatic carbocycles. The Balaban J connectivity index is 2.20. The average molecular weight is 274 g/mol. The van der Waals surface area contributed by atoms with Gasteiger partial charge in [-0.2, -0.15) is 5.26 Å². The third-order valence-electron chi connectivity index (χ3n) is 3.52. The van der Waals surface area contributed by atoms with Crippen molar-refractivity contribution in [1.29, 1.82) is 5.26 Å². The van der Waals surface area contributed by atoms with Crippen LogP contribution in [-0.4, -0.2) is 16.9 Å². The molecule has 1 amide bonds. The van der Waals surface area contributed by atoms with E-state index in [4.69, 9.17) is 11.0 Å². The number of nitriles is 1. The van der Waals surface area contributed by atoms with Crippen LogP contribution in [0.25, 0.3) is 0 Å². The fraction of sp³-hybridized carbons (Fsp3) is 0.385. The number of nitrogen functional groups attached to an aromatic ring is 1. The fourth-order valence-corrected chi connectivity index (χ4v) is 2.44. The lowest BCUT2D eigenvalue weighted by atomic mass is 10.0. The second-order valence-corrected chi connectivity index (χ2v) is 4.74. The van der Waals surface area contributed by atoms with Gasteiger partial charge >= 0.3 is 0 Å². The second-order valence-electron chi connectivity index (χ2n) is 4.74. The average Bonchev–Trinajstić information content (AvgIpc) is 2.85. The van der Waals surface area contributed by atoms with Crippen molar-refractivity contribution in [3.63, 3.8) is 0 Å². The molecule has 3 N–H and O–H groups in total. The second kappa shape index (κ2) is 5.57. The van der Waals surface area contributed by atoms with Crippen LogP contribution in [0, 0.1) is 27.4 Å². The fourth-order valence-electron chi connectivity index (χ4n) is 2.44. The summed E-state index contributed by atoms with van der Waals surface area (Å²) in [5, 5.41) is 22.5. The highest BCUT2D eigenvalue weighted by atomic mass is 16.6. The largest absolute Gasteiger partial charge is 0.393 e. The molecule has 1 aliphatic carbocycles. The number of nitro benzene ring substituents is 1. The van der Waals surface area contributed by atoms with Gasteiger partial charge in [0, 0.05) is 12.1 Å². The molecule has 7 heteroatoms. The molecule has 0 aliphatic heterocycles. The summed E-state index contributed by atoms with van der Waals surface area (Å²) >= 11 is 0. The first-order valence-electron chi connectivity index (χ1n) is 6.28. The minimum Gasteiger partial charge on any atom is -0.393 e. The van der Waals surface area contributed by atoms with Crippen molar-refractivity contribution >= 4 is 17.3 Å². The van der Waals surface area contributed by atoms with Gasteiger partial charge < -0.3 is 11.1 Å². The third-order valence-corrected chi connectivity index (χ3v) is 3.52. The molecule has 104 valence electrons. The number of para-hydroxylation sites is 1. The van der Waals surface area contributed by atoms with E-state index in [-0.39, 0.29) is 28.9 Å². The summed E-state index contributed by atoms with van der Waals surface area (Å²) in [4.78, 5) is 22.3. The summed E-state index contributed by atoms with van der Waals surface area (Å²) in [5.41, 5.74) is 5.29. The number of nitrogens with zero attached hydrogens (tertiary/aromatic N) is 2. The van der Waals surface area contributed by atoms with E-state index in [2.05, 4.69) is 11.4 Å². The van der Waals surface area contributed by atoms with Gasteiger partial charge in [-0.05, 0) is 25.3 Å². The van der Waals surface area contributed by atoms with Gasteiger partial charge in [-0.1, -0.05) is 6.07 Å². The maximum Gasteiger partial charge on any atom is 0.292 e. The minimum atomic E-state index is -0.625. The van der Waals surface area contributed by atoms with Crippen molar-refractivity contribution < 1.29 is 9.72 Å². The van der Waals surface area contributed by atoms with Crippen LogP contribution in [0.2, 0.25) is 0 Å². The van der Waals surface area contributed by atoms with Gasteiger partial charge in [0.15, 0.2) is 0 Å². The molecule has 1 fully saturated rings. The van der Waals surface area contributed by atoms with Crippen LogP contribution in [-0.2, 0) is 0 Å². The summed E-state index contributed by atoms with van der Waals surface area (Å²) in [5.74, 6) is -0.683. The SMILES string of the molecule is N#C[C@@H]1CCC[C@@H]1NC(=O)c1cccc([N+](=O)[O-])c1N. The Morgan fingerprint density at radius 3 is 2.90 bits per heavy atom. The lowest BCUT2D eigenvalue weighted by molar-refractivity contribution is -0.383. The number of anilines is 1. The lowest BCUT2D eigenvalue weighted by Gasteiger charge is -2.16. The summed E-state index contributed by atoms with van der Waals surface area (Å²) in [6, 6.07) is 6.05. The molecule has 0 saturated heterocycles. The predicted molar refractivity (Wildman–Crippen MR) is 71.7 cm³/mol. The topological polar surface area (TPSA) is 122 Å². The van der Waals surface area contributed by atoms with Crippen LogP contribution >= 0.6 is 0 Å². The van der Waals surface area contributed by atoms with Gasteiger partial charge in [-0.15, -0.1) is 0 Å².